The fourth-order valence-corrected chi connectivity index (χ4v) is 2.48. The molecule has 2 heteroatoms. The molecular weight excluding hydrogens is 268 g/mol. The van der Waals surface area contributed by atoms with E-state index in [4.69, 9.17) is 0 Å². The van der Waals surface area contributed by atoms with Crippen LogP contribution in [0, 0.1) is 0 Å². The van der Waals surface area contributed by atoms with Gasteiger partial charge in [-0.2, -0.15) is 0 Å². The van der Waals surface area contributed by atoms with Crippen LogP contribution in [0.15, 0.2) is 74.1 Å². The Morgan fingerprint density at radius 3 is 1.41 bits per heavy atom. The second-order valence-electron chi connectivity index (χ2n) is 4.86. The first-order valence-electron chi connectivity index (χ1n) is 7.09. The van der Waals surface area contributed by atoms with E-state index in [0.29, 0.717) is 0 Å². The summed E-state index contributed by atoms with van der Waals surface area (Å²) in [7, 11) is 0. The van der Waals surface area contributed by atoms with Gasteiger partial charge in [-0.3, -0.25) is 9.97 Å². The molecule has 0 saturated carbocycles. The van der Waals surface area contributed by atoms with Crippen molar-refractivity contribution in [2.45, 2.75) is 0 Å². The van der Waals surface area contributed by atoms with Gasteiger partial charge in [-0.1, -0.05) is 49.6 Å². The van der Waals surface area contributed by atoms with Crippen molar-refractivity contribution < 1.29 is 0 Å². The molecule has 0 N–H and O–H groups in total. The summed E-state index contributed by atoms with van der Waals surface area (Å²) in [5.74, 6) is 0. The van der Waals surface area contributed by atoms with Crippen LogP contribution in [0.5, 0.6) is 0 Å². The summed E-state index contributed by atoms with van der Waals surface area (Å²) >= 11 is 0. The molecule has 0 aliphatic carbocycles. The molecule has 3 aromatic rings. The van der Waals surface area contributed by atoms with Crippen molar-refractivity contribution >= 4 is 12.2 Å². The van der Waals surface area contributed by atoms with E-state index in [-0.39, 0.29) is 0 Å². The van der Waals surface area contributed by atoms with Crippen molar-refractivity contribution in [1.29, 1.82) is 0 Å². The van der Waals surface area contributed by atoms with Gasteiger partial charge in [-0.15, -0.1) is 0 Å². The molecule has 3 rings (SSSR count). The van der Waals surface area contributed by atoms with Crippen LogP contribution in [0.1, 0.15) is 11.4 Å². The van der Waals surface area contributed by atoms with E-state index in [1.807, 2.05) is 12.1 Å². The Bertz CT molecular complexity index is 747. The number of benzene rings is 1. The molecule has 0 bridgehead atoms. The lowest BCUT2D eigenvalue weighted by atomic mass is 9.98. The van der Waals surface area contributed by atoms with Crippen molar-refractivity contribution in [2.75, 3.05) is 0 Å². The molecular formula is C20H16N2. The monoisotopic (exact) mass is 284 g/mol. The summed E-state index contributed by atoms with van der Waals surface area (Å²) in [6, 6.07) is 16.4. The van der Waals surface area contributed by atoms with Gasteiger partial charge in [0.25, 0.3) is 0 Å². The van der Waals surface area contributed by atoms with E-state index < -0.39 is 0 Å². The molecule has 0 fully saturated rings. The molecule has 2 nitrogen and oxygen atoms in total. The van der Waals surface area contributed by atoms with Crippen LogP contribution in [0.4, 0.5) is 0 Å². The second kappa shape index (κ2) is 6.19. The number of pyridine rings is 2. The van der Waals surface area contributed by atoms with E-state index in [9.17, 15) is 0 Å². The first-order valence-corrected chi connectivity index (χ1v) is 7.09. The van der Waals surface area contributed by atoms with E-state index in [2.05, 4.69) is 59.5 Å². The normalized spacial score (nSPS) is 10.2. The minimum absolute atomic E-state index is 0.892. The zero-order chi connectivity index (χ0) is 15.4. The molecule has 0 radical (unpaired) electrons. The lowest BCUT2D eigenvalue weighted by molar-refractivity contribution is 1.29. The molecule has 106 valence electrons. The Hall–Kier alpha value is -3.00. The number of hydrogen-bond acceptors (Lipinski definition) is 2. The highest BCUT2D eigenvalue weighted by Gasteiger charge is 2.06. The SMILES string of the molecule is C=Cc1ncccc1-c1ccc(-c2cccnc2C=C)cc1. The molecule has 0 atom stereocenters. The van der Waals surface area contributed by atoms with Crippen LogP contribution in [0.3, 0.4) is 0 Å². The minimum atomic E-state index is 0.892. The standard InChI is InChI=1S/C20H16N2/c1-3-19-17(7-5-13-21-19)15-9-11-16(12-10-15)18-8-6-14-22-20(18)4-2/h3-14H,1-2H2. The molecule has 0 aliphatic rings. The summed E-state index contributed by atoms with van der Waals surface area (Å²) in [6.07, 6.45) is 7.11. The highest BCUT2D eigenvalue weighted by molar-refractivity contribution is 5.77. The zero-order valence-corrected chi connectivity index (χ0v) is 12.2. The predicted molar refractivity (Wildman–Crippen MR) is 93.1 cm³/mol. The third-order valence-electron chi connectivity index (χ3n) is 3.57. The highest BCUT2D eigenvalue weighted by Crippen LogP contribution is 2.28. The zero-order valence-electron chi connectivity index (χ0n) is 12.2. The largest absolute Gasteiger partial charge is 0.256 e. The van der Waals surface area contributed by atoms with Gasteiger partial charge in [-0.05, 0) is 35.4 Å². The fourth-order valence-electron chi connectivity index (χ4n) is 2.48. The fraction of sp³-hybridized carbons (Fsp3) is 0. The molecule has 2 heterocycles. The second-order valence-corrected chi connectivity index (χ2v) is 4.86. The molecule has 0 unspecified atom stereocenters. The Kier molecular flexibility index (Phi) is 3.92. The van der Waals surface area contributed by atoms with Crippen molar-refractivity contribution in [3.05, 3.63) is 85.5 Å². The molecule has 22 heavy (non-hydrogen) atoms. The average Bonchev–Trinajstić information content (AvgIpc) is 2.62. The van der Waals surface area contributed by atoms with Crippen LogP contribution in [-0.2, 0) is 0 Å². The molecule has 2 aromatic heterocycles. The lowest BCUT2D eigenvalue weighted by Crippen LogP contribution is -1.89. The quantitative estimate of drug-likeness (QED) is 0.666. The Morgan fingerprint density at radius 1 is 0.636 bits per heavy atom. The topological polar surface area (TPSA) is 25.8 Å². The van der Waals surface area contributed by atoms with Gasteiger partial charge < -0.3 is 0 Å². The maximum atomic E-state index is 4.34. The maximum Gasteiger partial charge on any atom is 0.0702 e. The molecule has 0 spiro atoms. The van der Waals surface area contributed by atoms with Gasteiger partial charge in [0.2, 0.25) is 0 Å². The number of aromatic nitrogens is 2. The maximum absolute atomic E-state index is 4.34. The van der Waals surface area contributed by atoms with Gasteiger partial charge in [0, 0.05) is 23.5 Å². The van der Waals surface area contributed by atoms with E-state index in [1.54, 1.807) is 24.5 Å². The van der Waals surface area contributed by atoms with Crippen molar-refractivity contribution in [3.8, 4) is 22.3 Å². The Morgan fingerprint density at radius 2 is 1.05 bits per heavy atom. The Labute approximate surface area is 130 Å². The predicted octanol–water partition coefficient (Wildman–Crippen LogP) is 5.10. The minimum Gasteiger partial charge on any atom is -0.256 e. The molecule has 0 saturated heterocycles. The lowest BCUT2D eigenvalue weighted by Gasteiger charge is -2.08. The van der Waals surface area contributed by atoms with Gasteiger partial charge in [0.15, 0.2) is 0 Å². The van der Waals surface area contributed by atoms with E-state index in [1.165, 1.54) is 0 Å². The van der Waals surface area contributed by atoms with Crippen LogP contribution >= 0.6 is 0 Å². The number of rotatable bonds is 4. The van der Waals surface area contributed by atoms with E-state index in [0.717, 1.165) is 33.6 Å². The summed E-state index contributed by atoms with van der Waals surface area (Å²) < 4.78 is 0. The van der Waals surface area contributed by atoms with Crippen molar-refractivity contribution in [3.63, 3.8) is 0 Å². The van der Waals surface area contributed by atoms with Gasteiger partial charge in [0.05, 0.1) is 11.4 Å². The summed E-state index contributed by atoms with van der Waals surface area (Å²) in [6.45, 7) is 7.65. The molecule has 1 aromatic carbocycles. The highest BCUT2D eigenvalue weighted by atomic mass is 14.7. The average molecular weight is 284 g/mol. The third-order valence-corrected chi connectivity index (χ3v) is 3.57. The van der Waals surface area contributed by atoms with Gasteiger partial charge in [0.1, 0.15) is 0 Å². The van der Waals surface area contributed by atoms with Crippen LogP contribution < -0.4 is 0 Å². The first kappa shape index (κ1) is 14.0. The molecule has 0 aliphatic heterocycles. The third kappa shape index (κ3) is 2.59. The van der Waals surface area contributed by atoms with E-state index >= 15 is 0 Å². The first-order chi connectivity index (χ1) is 10.8. The summed E-state index contributed by atoms with van der Waals surface area (Å²) in [4.78, 5) is 8.68. The van der Waals surface area contributed by atoms with Crippen molar-refractivity contribution in [2.24, 2.45) is 0 Å². The smallest absolute Gasteiger partial charge is 0.0702 e. The van der Waals surface area contributed by atoms with Gasteiger partial charge >= 0.3 is 0 Å². The van der Waals surface area contributed by atoms with Crippen LogP contribution in [0.2, 0.25) is 0 Å². The Balaban J connectivity index is 2.03. The van der Waals surface area contributed by atoms with Crippen LogP contribution in [-0.4, -0.2) is 9.97 Å². The summed E-state index contributed by atoms with van der Waals surface area (Å²) in [5, 5.41) is 0. The number of nitrogens with zero attached hydrogens (tertiary/aromatic N) is 2. The van der Waals surface area contributed by atoms with Crippen LogP contribution in [0.25, 0.3) is 34.4 Å². The van der Waals surface area contributed by atoms with Gasteiger partial charge in [-0.25, -0.2) is 0 Å². The summed E-state index contributed by atoms with van der Waals surface area (Å²) in [5.41, 5.74) is 6.19. The molecule has 0 amide bonds. The van der Waals surface area contributed by atoms with Crippen molar-refractivity contribution in [1.82, 2.24) is 9.97 Å². The number of hydrogen-bond donors (Lipinski definition) is 0.